The third-order valence-electron chi connectivity index (χ3n) is 4.08. The number of hydrogen-bond acceptors (Lipinski definition) is 0. The minimum Gasteiger partial charge on any atom is -0.0835 e. The van der Waals surface area contributed by atoms with Gasteiger partial charge in [-0.15, -0.1) is 0 Å². The molecular formula is C19H20. The lowest BCUT2D eigenvalue weighted by molar-refractivity contribution is 1.02. The largest absolute Gasteiger partial charge is 0.0835 e. The van der Waals surface area contributed by atoms with Crippen LogP contribution in [0.2, 0.25) is 0 Å². The van der Waals surface area contributed by atoms with Gasteiger partial charge in [0, 0.05) is 0 Å². The molecule has 0 aromatic heterocycles. The van der Waals surface area contributed by atoms with Crippen LogP contribution >= 0.6 is 0 Å². The summed E-state index contributed by atoms with van der Waals surface area (Å²) in [5.41, 5.74) is 5.75. The topological polar surface area (TPSA) is 0 Å². The van der Waals surface area contributed by atoms with Crippen molar-refractivity contribution in [3.8, 4) is 0 Å². The Morgan fingerprint density at radius 1 is 1.05 bits per heavy atom. The molecule has 0 N–H and O–H groups in total. The lowest BCUT2D eigenvalue weighted by Gasteiger charge is -2.07. The number of aryl methyl sites for hydroxylation is 1. The van der Waals surface area contributed by atoms with Gasteiger partial charge in [-0.05, 0) is 48.8 Å². The quantitative estimate of drug-likeness (QED) is 0.700. The van der Waals surface area contributed by atoms with E-state index in [4.69, 9.17) is 0 Å². The fourth-order valence-electron chi connectivity index (χ4n) is 3.03. The van der Waals surface area contributed by atoms with Crippen molar-refractivity contribution in [2.24, 2.45) is 5.92 Å². The summed E-state index contributed by atoms with van der Waals surface area (Å²) in [4.78, 5) is 0. The Morgan fingerprint density at radius 2 is 1.84 bits per heavy atom. The van der Waals surface area contributed by atoms with E-state index < -0.39 is 0 Å². The molecule has 0 nitrogen and oxygen atoms in total. The molecule has 0 saturated heterocycles. The van der Waals surface area contributed by atoms with Gasteiger partial charge in [0.2, 0.25) is 0 Å². The fraction of sp³-hybridized carbons (Fsp3) is 0.263. The monoisotopic (exact) mass is 248 g/mol. The van der Waals surface area contributed by atoms with E-state index in [1.54, 1.807) is 0 Å². The molecule has 3 rings (SSSR count). The predicted octanol–water partition coefficient (Wildman–Crippen LogP) is 5.20. The molecule has 0 heterocycles. The number of hydrogen-bond donors (Lipinski definition) is 0. The van der Waals surface area contributed by atoms with Crippen molar-refractivity contribution < 1.29 is 0 Å². The Labute approximate surface area is 115 Å². The average Bonchev–Trinajstić information content (AvgIpc) is 3.21. The third-order valence-corrected chi connectivity index (χ3v) is 4.08. The van der Waals surface area contributed by atoms with E-state index >= 15 is 0 Å². The van der Waals surface area contributed by atoms with Crippen LogP contribution < -0.4 is 0 Å². The molecule has 0 heteroatoms. The Balaban J connectivity index is 1.82. The van der Waals surface area contributed by atoms with E-state index in [-0.39, 0.29) is 0 Å². The maximum absolute atomic E-state index is 2.34. The molecule has 1 saturated carbocycles. The first-order valence-electron chi connectivity index (χ1n) is 7.08. The summed E-state index contributed by atoms with van der Waals surface area (Å²) >= 11 is 0. The van der Waals surface area contributed by atoms with Crippen LogP contribution in [0.5, 0.6) is 0 Å². The van der Waals surface area contributed by atoms with Crippen LogP contribution in [0.15, 0.2) is 60.7 Å². The SMILES string of the molecule is C/C=C(/c1ccccc1)C1CC1c1cccc(C)c1. The molecule has 2 aromatic carbocycles. The highest BCUT2D eigenvalue weighted by atomic mass is 14.4. The maximum atomic E-state index is 2.34. The molecule has 0 aliphatic heterocycles. The van der Waals surface area contributed by atoms with Crippen molar-refractivity contribution in [1.82, 2.24) is 0 Å². The minimum atomic E-state index is 0.703. The zero-order valence-corrected chi connectivity index (χ0v) is 11.6. The molecule has 1 aliphatic rings. The lowest BCUT2D eigenvalue weighted by atomic mass is 9.97. The van der Waals surface area contributed by atoms with Crippen LogP contribution in [0.1, 0.15) is 36.0 Å². The van der Waals surface area contributed by atoms with E-state index in [1.165, 1.54) is 28.7 Å². The molecule has 0 radical (unpaired) electrons. The number of rotatable bonds is 3. The number of benzene rings is 2. The minimum absolute atomic E-state index is 0.703. The van der Waals surface area contributed by atoms with E-state index in [1.807, 2.05) is 0 Å². The van der Waals surface area contributed by atoms with Crippen LogP contribution in [0, 0.1) is 12.8 Å². The summed E-state index contributed by atoms with van der Waals surface area (Å²) in [5, 5.41) is 0. The maximum Gasteiger partial charge on any atom is -0.00842 e. The van der Waals surface area contributed by atoms with Gasteiger partial charge >= 0.3 is 0 Å². The van der Waals surface area contributed by atoms with Crippen LogP contribution in [0.3, 0.4) is 0 Å². The highest BCUT2D eigenvalue weighted by Gasteiger charge is 2.40. The third kappa shape index (κ3) is 2.49. The summed E-state index contributed by atoms with van der Waals surface area (Å²) in [6, 6.07) is 19.8. The smallest absolute Gasteiger partial charge is 0.00842 e. The van der Waals surface area contributed by atoms with E-state index in [9.17, 15) is 0 Å². The molecular weight excluding hydrogens is 228 g/mol. The Bertz CT molecular complexity index is 592. The van der Waals surface area contributed by atoms with Crippen LogP contribution in [0.4, 0.5) is 0 Å². The Hall–Kier alpha value is -1.82. The van der Waals surface area contributed by atoms with Crippen LogP contribution in [0.25, 0.3) is 5.57 Å². The zero-order chi connectivity index (χ0) is 13.2. The second-order valence-electron chi connectivity index (χ2n) is 5.47. The molecule has 1 fully saturated rings. The van der Waals surface area contributed by atoms with Crippen LogP contribution in [-0.4, -0.2) is 0 Å². The van der Waals surface area contributed by atoms with Gasteiger partial charge < -0.3 is 0 Å². The van der Waals surface area contributed by atoms with E-state index in [0.717, 1.165) is 0 Å². The highest BCUT2D eigenvalue weighted by Crippen LogP contribution is 2.54. The van der Waals surface area contributed by atoms with Gasteiger partial charge in [-0.3, -0.25) is 0 Å². The Morgan fingerprint density at radius 3 is 2.53 bits per heavy atom. The van der Waals surface area contributed by atoms with Crippen molar-refractivity contribution in [2.75, 3.05) is 0 Å². The molecule has 19 heavy (non-hydrogen) atoms. The highest BCUT2D eigenvalue weighted by molar-refractivity contribution is 5.70. The first kappa shape index (κ1) is 12.2. The van der Waals surface area contributed by atoms with Crippen LogP contribution in [-0.2, 0) is 0 Å². The zero-order valence-electron chi connectivity index (χ0n) is 11.6. The van der Waals surface area contributed by atoms with Crippen molar-refractivity contribution in [3.63, 3.8) is 0 Å². The fourth-order valence-corrected chi connectivity index (χ4v) is 3.03. The second-order valence-corrected chi connectivity index (χ2v) is 5.47. The summed E-state index contributed by atoms with van der Waals surface area (Å²) in [5.74, 6) is 1.42. The standard InChI is InChI=1S/C19H20/c1-3-17(15-9-5-4-6-10-15)19-13-18(19)16-11-7-8-14(2)12-16/h3-12,18-19H,13H2,1-2H3/b17-3-. The molecule has 2 atom stereocenters. The van der Waals surface area contributed by atoms with E-state index in [2.05, 4.69) is 74.5 Å². The molecule has 0 spiro atoms. The van der Waals surface area contributed by atoms with Gasteiger partial charge in [0.15, 0.2) is 0 Å². The molecule has 0 amide bonds. The Kier molecular flexibility index (Phi) is 3.25. The van der Waals surface area contributed by atoms with Gasteiger partial charge in [0.05, 0.1) is 0 Å². The van der Waals surface area contributed by atoms with Crippen molar-refractivity contribution >= 4 is 5.57 Å². The molecule has 1 aliphatic carbocycles. The van der Waals surface area contributed by atoms with Crippen molar-refractivity contribution in [2.45, 2.75) is 26.2 Å². The van der Waals surface area contributed by atoms with Gasteiger partial charge in [-0.2, -0.15) is 0 Å². The molecule has 2 unspecified atom stereocenters. The number of allylic oxidation sites excluding steroid dienone is 2. The molecule has 96 valence electrons. The van der Waals surface area contributed by atoms with Crippen molar-refractivity contribution in [1.29, 1.82) is 0 Å². The lowest BCUT2D eigenvalue weighted by Crippen LogP contribution is -1.90. The predicted molar refractivity (Wildman–Crippen MR) is 82.1 cm³/mol. The average molecular weight is 248 g/mol. The molecule has 2 aromatic rings. The van der Waals surface area contributed by atoms with Gasteiger partial charge in [0.25, 0.3) is 0 Å². The molecule has 0 bridgehead atoms. The first-order chi connectivity index (χ1) is 9.29. The van der Waals surface area contributed by atoms with Gasteiger partial charge in [-0.1, -0.05) is 66.2 Å². The second kappa shape index (κ2) is 5.05. The van der Waals surface area contributed by atoms with Gasteiger partial charge in [-0.25, -0.2) is 0 Å². The van der Waals surface area contributed by atoms with E-state index in [0.29, 0.717) is 11.8 Å². The normalized spacial score (nSPS) is 22.3. The summed E-state index contributed by atoms with van der Waals surface area (Å²) < 4.78 is 0. The summed E-state index contributed by atoms with van der Waals surface area (Å²) in [7, 11) is 0. The van der Waals surface area contributed by atoms with Crippen molar-refractivity contribution in [3.05, 3.63) is 77.4 Å². The summed E-state index contributed by atoms with van der Waals surface area (Å²) in [6.07, 6.45) is 3.58. The summed E-state index contributed by atoms with van der Waals surface area (Å²) in [6.45, 7) is 4.34. The first-order valence-corrected chi connectivity index (χ1v) is 7.08. The van der Waals surface area contributed by atoms with Gasteiger partial charge in [0.1, 0.15) is 0 Å².